The molecule has 26 heavy (non-hydrogen) atoms. The summed E-state index contributed by atoms with van der Waals surface area (Å²) in [4.78, 5) is 22.3. The third-order valence-electron chi connectivity index (χ3n) is 3.56. The number of anilines is 1. The molecule has 0 unspecified atom stereocenters. The zero-order valence-electron chi connectivity index (χ0n) is 15.7. The van der Waals surface area contributed by atoms with Crippen LogP contribution in [0.15, 0.2) is 6.20 Å². The number of carbonyl (C=O) groups excluding carboxylic acids is 1. The van der Waals surface area contributed by atoms with E-state index in [1.165, 1.54) is 6.20 Å². The van der Waals surface area contributed by atoms with Gasteiger partial charge in [0.25, 0.3) is 0 Å². The molecule has 1 atom stereocenters. The van der Waals surface area contributed by atoms with Crippen LogP contribution in [0.3, 0.4) is 0 Å². The summed E-state index contributed by atoms with van der Waals surface area (Å²) in [5, 5.41) is 3.56. The second-order valence-corrected chi connectivity index (χ2v) is 7.36. The van der Waals surface area contributed by atoms with Crippen LogP contribution in [0.1, 0.15) is 34.1 Å². The van der Waals surface area contributed by atoms with Crippen LogP contribution in [-0.4, -0.2) is 65.5 Å². The first kappa shape index (κ1) is 20.5. The van der Waals surface area contributed by atoms with Crippen LogP contribution in [-0.2, 0) is 9.47 Å². The van der Waals surface area contributed by atoms with Crippen LogP contribution < -0.4 is 10.1 Å². The largest absolute Gasteiger partial charge is 0.474 e. The Balaban J connectivity index is 1.88. The van der Waals surface area contributed by atoms with E-state index in [1.807, 2.05) is 27.7 Å². The molecule has 0 aliphatic carbocycles. The monoisotopic (exact) mass is 386 g/mol. The van der Waals surface area contributed by atoms with E-state index >= 15 is 0 Å². The molecule has 1 saturated heterocycles. The van der Waals surface area contributed by atoms with Gasteiger partial charge in [0.2, 0.25) is 11.8 Å². The van der Waals surface area contributed by atoms with Crippen LogP contribution in [0.5, 0.6) is 5.88 Å². The molecule has 0 radical (unpaired) electrons. The fraction of sp³-hybridized carbons (Fsp3) is 0.706. The van der Waals surface area contributed by atoms with Gasteiger partial charge in [-0.15, -0.1) is 0 Å². The van der Waals surface area contributed by atoms with E-state index in [9.17, 15) is 4.79 Å². The molecule has 1 aliphatic rings. The fourth-order valence-electron chi connectivity index (χ4n) is 2.42. The molecule has 1 N–H and O–H groups in total. The quantitative estimate of drug-likeness (QED) is 0.721. The Morgan fingerprint density at radius 3 is 2.88 bits per heavy atom. The molecule has 9 heteroatoms. The van der Waals surface area contributed by atoms with E-state index in [0.717, 1.165) is 6.42 Å². The summed E-state index contributed by atoms with van der Waals surface area (Å²) in [7, 11) is 0. The molecule has 1 aliphatic heterocycles. The van der Waals surface area contributed by atoms with Crippen molar-refractivity contribution >= 4 is 23.6 Å². The molecule has 0 spiro atoms. The maximum atomic E-state index is 12.1. The minimum absolute atomic E-state index is 0.0416. The van der Waals surface area contributed by atoms with Crippen LogP contribution in [0.2, 0.25) is 5.02 Å². The van der Waals surface area contributed by atoms with Gasteiger partial charge in [0.1, 0.15) is 17.2 Å². The Morgan fingerprint density at radius 2 is 2.19 bits per heavy atom. The number of aromatic nitrogens is 2. The fourth-order valence-corrected chi connectivity index (χ4v) is 2.56. The zero-order valence-corrected chi connectivity index (χ0v) is 16.5. The lowest BCUT2D eigenvalue weighted by molar-refractivity contribution is 0.0293. The number of amides is 1. The first-order chi connectivity index (χ1) is 12.3. The van der Waals surface area contributed by atoms with Crippen molar-refractivity contribution in [2.24, 2.45) is 0 Å². The van der Waals surface area contributed by atoms with Crippen LogP contribution in [0, 0.1) is 0 Å². The molecule has 0 saturated carbocycles. The number of rotatable bonds is 7. The summed E-state index contributed by atoms with van der Waals surface area (Å²) in [6.45, 7) is 10.1. The van der Waals surface area contributed by atoms with Crippen molar-refractivity contribution in [1.82, 2.24) is 14.9 Å². The summed E-state index contributed by atoms with van der Waals surface area (Å²) >= 11 is 6.06. The second-order valence-electron chi connectivity index (χ2n) is 6.95. The maximum Gasteiger partial charge on any atom is 0.410 e. The number of nitrogens with one attached hydrogen (secondary N) is 1. The molecule has 1 fully saturated rings. The number of hydrogen-bond acceptors (Lipinski definition) is 7. The Bertz CT molecular complexity index is 609. The van der Waals surface area contributed by atoms with Crippen molar-refractivity contribution in [2.45, 2.75) is 45.8 Å². The highest BCUT2D eigenvalue weighted by Crippen LogP contribution is 2.23. The second kappa shape index (κ2) is 9.23. The first-order valence-corrected chi connectivity index (χ1v) is 9.14. The van der Waals surface area contributed by atoms with Gasteiger partial charge in [-0.3, -0.25) is 0 Å². The lowest BCUT2D eigenvalue weighted by Crippen LogP contribution is -2.36. The standard InChI is InChI=1S/C17H27ClN4O4/c1-5-24-8-9-25-14-13(18)10-19-15(21-14)20-12-6-7-22(11-12)16(23)26-17(2,3)4/h10,12H,5-9,11H2,1-4H3,(H,19,20,21)/t12-/m0/s1. The van der Waals surface area contributed by atoms with Crippen LogP contribution in [0.4, 0.5) is 10.7 Å². The van der Waals surface area contributed by atoms with Crippen molar-refractivity contribution in [3.8, 4) is 5.88 Å². The topological polar surface area (TPSA) is 85.8 Å². The van der Waals surface area contributed by atoms with Crippen molar-refractivity contribution in [3.05, 3.63) is 11.2 Å². The Kier molecular flexibility index (Phi) is 7.28. The third kappa shape index (κ3) is 6.49. The molecule has 0 bridgehead atoms. The molecule has 2 rings (SSSR count). The summed E-state index contributed by atoms with van der Waals surface area (Å²) in [6.07, 6.45) is 1.97. The van der Waals surface area contributed by atoms with E-state index < -0.39 is 5.60 Å². The number of ether oxygens (including phenoxy) is 3. The molecule has 0 aromatic carbocycles. The molecule has 1 aromatic heterocycles. The van der Waals surface area contributed by atoms with E-state index in [0.29, 0.717) is 49.8 Å². The first-order valence-electron chi connectivity index (χ1n) is 8.76. The van der Waals surface area contributed by atoms with E-state index in [1.54, 1.807) is 4.90 Å². The van der Waals surface area contributed by atoms with Gasteiger partial charge in [0.05, 0.1) is 12.8 Å². The van der Waals surface area contributed by atoms with Gasteiger partial charge in [-0.25, -0.2) is 9.78 Å². The zero-order chi connectivity index (χ0) is 19.2. The molecule has 2 heterocycles. The summed E-state index contributed by atoms with van der Waals surface area (Å²) < 4.78 is 16.1. The summed E-state index contributed by atoms with van der Waals surface area (Å²) in [5.41, 5.74) is -0.504. The van der Waals surface area contributed by atoms with Gasteiger partial charge in [-0.2, -0.15) is 4.98 Å². The number of carbonyl (C=O) groups is 1. The van der Waals surface area contributed by atoms with Crippen molar-refractivity contribution in [1.29, 1.82) is 0 Å². The highest BCUT2D eigenvalue weighted by atomic mass is 35.5. The predicted octanol–water partition coefficient (Wildman–Crippen LogP) is 2.97. The summed E-state index contributed by atoms with van der Waals surface area (Å²) in [6, 6.07) is 0.0416. The number of nitrogens with zero attached hydrogens (tertiary/aromatic N) is 3. The van der Waals surface area contributed by atoms with Crippen molar-refractivity contribution < 1.29 is 19.0 Å². The molecule has 146 valence electrons. The molecule has 1 amide bonds. The number of hydrogen-bond donors (Lipinski definition) is 1. The normalized spacial score (nSPS) is 17.3. The number of halogens is 1. The molecule has 1 aromatic rings. The highest BCUT2D eigenvalue weighted by molar-refractivity contribution is 6.31. The Labute approximate surface area is 159 Å². The molecular formula is C17H27ClN4O4. The lowest BCUT2D eigenvalue weighted by atomic mass is 10.2. The predicted molar refractivity (Wildman–Crippen MR) is 98.9 cm³/mol. The average Bonchev–Trinajstić information content (AvgIpc) is 3.01. The van der Waals surface area contributed by atoms with E-state index in [-0.39, 0.29) is 12.1 Å². The van der Waals surface area contributed by atoms with E-state index in [4.69, 9.17) is 25.8 Å². The van der Waals surface area contributed by atoms with Gasteiger partial charge >= 0.3 is 6.09 Å². The van der Waals surface area contributed by atoms with Gasteiger partial charge < -0.3 is 24.4 Å². The van der Waals surface area contributed by atoms with Crippen LogP contribution >= 0.6 is 11.6 Å². The highest BCUT2D eigenvalue weighted by Gasteiger charge is 2.30. The minimum Gasteiger partial charge on any atom is -0.474 e. The number of likely N-dealkylation sites (tertiary alicyclic amines) is 1. The SMILES string of the molecule is CCOCCOc1nc(N[C@H]2CCN(C(=O)OC(C)(C)C)C2)ncc1Cl. The average molecular weight is 387 g/mol. The molecule has 8 nitrogen and oxygen atoms in total. The smallest absolute Gasteiger partial charge is 0.410 e. The van der Waals surface area contributed by atoms with Gasteiger partial charge in [0.15, 0.2) is 0 Å². The van der Waals surface area contributed by atoms with Crippen molar-refractivity contribution in [2.75, 3.05) is 38.2 Å². The van der Waals surface area contributed by atoms with E-state index in [2.05, 4.69) is 15.3 Å². The minimum atomic E-state index is -0.504. The van der Waals surface area contributed by atoms with Crippen molar-refractivity contribution in [3.63, 3.8) is 0 Å². The third-order valence-corrected chi connectivity index (χ3v) is 3.81. The van der Waals surface area contributed by atoms with Gasteiger partial charge in [0, 0.05) is 25.7 Å². The lowest BCUT2D eigenvalue weighted by Gasteiger charge is -2.24. The maximum absolute atomic E-state index is 12.1. The summed E-state index contributed by atoms with van der Waals surface area (Å²) in [5.74, 6) is 0.725. The van der Waals surface area contributed by atoms with Gasteiger partial charge in [-0.1, -0.05) is 11.6 Å². The van der Waals surface area contributed by atoms with Crippen LogP contribution in [0.25, 0.3) is 0 Å². The Morgan fingerprint density at radius 1 is 1.42 bits per heavy atom. The van der Waals surface area contributed by atoms with Gasteiger partial charge in [-0.05, 0) is 34.1 Å². The Hall–Kier alpha value is -1.80. The molecular weight excluding hydrogens is 360 g/mol.